The molecule has 1 aliphatic heterocycles. The summed E-state index contributed by atoms with van der Waals surface area (Å²) >= 11 is 0. The van der Waals surface area contributed by atoms with Gasteiger partial charge in [-0.2, -0.15) is 0 Å². The van der Waals surface area contributed by atoms with E-state index in [0.717, 1.165) is 22.7 Å². The van der Waals surface area contributed by atoms with E-state index in [1.54, 1.807) is 4.90 Å². The maximum Gasteiger partial charge on any atom is 0.255 e. The molecule has 3 heterocycles. The summed E-state index contributed by atoms with van der Waals surface area (Å²) in [5, 5.41) is 3.48. The Kier molecular flexibility index (Phi) is 4.57. The van der Waals surface area contributed by atoms with Crippen molar-refractivity contribution in [1.82, 2.24) is 14.3 Å². The third kappa shape index (κ3) is 3.13. The lowest BCUT2D eigenvalue weighted by molar-refractivity contribution is 0.0400. The standard InChI is InChI=1S/C22H25FN4O/c1-13-6-5-7-14(2)19(13)9-24-20-8-17(22(28)26-11-18(23)12-26)10-27-16(4)15(3)25-21(20)27/h5-8,10,18,24H,9,11-12H2,1-4H3. The SMILES string of the molecule is Cc1cccc(C)c1CNc1cc(C(=O)N2CC(F)C2)cn2c(C)c(C)nc12. The number of likely N-dealkylation sites (tertiary alicyclic amines) is 1. The second-order valence-electron chi connectivity index (χ2n) is 7.65. The topological polar surface area (TPSA) is 49.6 Å². The quantitative estimate of drug-likeness (QED) is 0.745. The number of pyridine rings is 1. The van der Waals surface area contributed by atoms with Crippen molar-refractivity contribution < 1.29 is 9.18 Å². The molecule has 5 nitrogen and oxygen atoms in total. The van der Waals surface area contributed by atoms with Crippen molar-refractivity contribution in [3.8, 4) is 0 Å². The first-order chi connectivity index (χ1) is 13.3. The van der Waals surface area contributed by atoms with Gasteiger partial charge in [-0.05, 0) is 50.5 Å². The Balaban J connectivity index is 1.71. The molecule has 28 heavy (non-hydrogen) atoms. The van der Waals surface area contributed by atoms with Gasteiger partial charge in [-0.25, -0.2) is 9.37 Å². The normalized spacial score (nSPS) is 14.4. The van der Waals surface area contributed by atoms with Crippen LogP contribution in [0.1, 0.15) is 38.4 Å². The van der Waals surface area contributed by atoms with Gasteiger partial charge in [0.25, 0.3) is 5.91 Å². The van der Waals surface area contributed by atoms with E-state index < -0.39 is 6.17 Å². The van der Waals surface area contributed by atoms with Crippen LogP contribution in [0.3, 0.4) is 0 Å². The van der Waals surface area contributed by atoms with Crippen LogP contribution < -0.4 is 5.32 Å². The Bertz CT molecular complexity index is 1050. The molecule has 0 aliphatic carbocycles. The molecular weight excluding hydrogens is 355 g/mol. The van der Waals surface area contributed by atoms with Crippen molar-refractivity contribution >= 4 is 17.2 Å². The van der Waals surface area contributed by atoms with E-state index in [9.17, 15) is 9.18 Å². The zero-order valence-corrected chi connectivity index (χ0v) is 16.7. The number of alkyl halides is 1. The van der Waals surface area contributed by atoms with Crippen LogP contribution in [-0.2, 0) is 6.54 Å². The van der Waals surface area contributed by atoms with Gasteiger partial charge in [0.1, 0.15) is 6.17 Å². The lowest BCUT2D eigenvalue weighted by atomic mass is 10.0. The number of nitrogens with one attached hydrogen (secondary N) is 1. The molecule has 2 aromatic heterocycles. The Labute approximate surface area is 164 Å². The fourth-order valence-corrected chi connectivity index (χ4v) is 3.70. The van der Waals surface area contributed by atoms with Crippen molar-refractivity contribution in [2.45, 2.75) is 40.4 Å². The van der Waals surface area contributed by atoms with Gasteiger partial charge in [0.05, 0.1) is 30.0 Å². The highest BCUT2D eigenvalue weighted by atomic mass is 19.1. The van der Waals surface area contributed by atoms with E-state index in [-0.39, 0.29) is 19.0 Å². The van der Waals surface area contributed by atoms with Crippen molar-refractivity contribution in [3.05, 3.63) is 64.1 Å². The number of nitrogens with zero attached hydrogens (tertiary/aromatic N) is 3. The third-order valence-electron chi connectivity index (χ3n) is 5.67. The van der Waals surface area contributed by atoms with Gasteiger partial charge in [0.15, 0.2) is 5.65 Å². The summed E-state index contributed by atoms with van der Waals surface area (Å²) in [7, 11) is 0. The third-order valence-corrected chi connectivity index (χ3v) is 5.67. The number of rotatable bonds is 4. The summed E-state index contributed by atoms with van der Waals surface area (Å²) in [6, 6.07) is 8.09. The first-order valence-corrected chi connectivity index (χ1v) is 9.56. The Morgan fingerprint density at radius 3 is 2.54 bits per heavy atom. The summed E-state index contributed by atoms with van der Waals surface area (Å²) in [5.41, 5.74) is 7.75. The van der Waals surface area contributed by atoms with Crippen molar-refractivity contribution in [1.29, 1.82) is 0 Å². The Hall–Kier alpha value is -2.89. The molecule has 146 valence electrons. The first-order valence-electron chi connectivity index (χ1n) is 9.56. The minimum absolute atomic E-state index is 0.142. The fourth-order valence-electron chi connectivity index (χ4n) is 3.70. The van der Waals surface area contributed by atoms with Gasteiger partial charge in [-0.15, -0.1) is 0 Å². The van der Waals surface area contributed by atoms with E-state index >= 15 is 0 Å². The summed E-state index contributed by atoms with van der Waals surface area (Å²) in [6.07, 6.45) is 0.898. The van der Waals surface area contributed by atoms with Crippen LogP contribution in [0.15, 0.2) is 30.5 Å². The van der Waals surface area contributed by atoms with Crippen LogP contribution in [0.2, 0.25) is 0 Å². The van der Waals surface area contributed by atoms with Crippen molar-refractivity contribution in [2.75, 3.05) is 18.4 Å². The molecule has 1 aromatic carbocycles. The molecule has 6 heteroatoms. The van der Waals surface area contributed by atoms with Crippen LogP contribution >= 0.6 is 0 Å². The monoisotopic (exact) mass is 380 g/mol. The summed E-state index contributed by atoms with van der Waals surface area (Å²) in [6.45, 7) is 9.13. The lowest BCUT2D eigenvalue weighted by Crippen LogP contribution is -2.51. The molecule has 1 saturated heterocycles. The highest BCUT2D eigenvalue weighted by Gasteiger charge is 2.31. The molecule has 1 aliphatic rings. The van der Waals surface area contributed by atoms with Crippen LogP contribution in [0.25, 0.3) is 5.65 Å². The average Bonchev–Trinajstić information content (AvgIpc) is 2.92. The number of benzene rings is 1. The molecule has 1 N–H and O–H groups in total. The van der Waals surface area contributed by atoms with Gasteiger partial charge in [0, 0.05) is 18.4 Å². The molecule has 0 unspecified atom stereocenters. The number of carbonyl (C=O) groups is 1. The zero-order valence-electron chi connectivity index (χ0n) is 16.7. The van der Waals surface area contributed by atoms with Crippen LogP contribution in [0.4, 0.5) is 10.1 Å². The Morgan fingerprint density at radius 2 is 1.89 bits per heavy atom. The maximum absolute atomic E-state index is 13.2. The predicted molar refractivity (Wildman–Crippen MR) is 109 cm³/mol. The van der Waals surface area contributed by atoms with Gasteiger partial charge < -0.3 is 14.6 Å². The van der Waals surface area contributed by atoms with Gasteiger partial charge in [-0.1, -0.05) is 18.2 Å². The van der Waals surface area contributed by atoms with Crippen LogP contribution in [-0.4, -0.2) is 39.5 Å². The van der Waals surface area contributed by atoms with Gasteiger partial charge >= 0.3 is 0 Å². The number of aromatic nitrogens is 2. The number of hydrogen-bond acceptors (Lipinski definition) is 3. The van der Waals surface area contributed by atoms with Crippen LogP contribution in [0, 0.1) is 27.7 Å². The zero-order chi connectivity index (χ0) is 20.0. The minimum atomic E-state index is -0.911. The first kappa shape index (κ1) is 18.5. The Morgan fingerprint density at radius 1 is 1.21 bits per heavy atom. The summed E-state index contributed by atoms with van der Waals surface area (Å²) < 4.78 is 15.2. The summed E-state index contributed by atoms with van der Waals surface area (Å²) in [5.74, 6) is -0.142. The average molecular weight is 380 g/mol. The number of carbonyl (C=O) groups excluding carboxylic acids is 1. The highest BCUT2D eigenvalue weighted by molar-refractivity contribution is 5.96. The molecule has 0 saturated carbocycles. The van der Waals surface area contributed by atoms with Gasteiger partial charge in [-0.3, -0.25) is 4.79 Å². The van der Waals surface area contributed by atoms with E-state index in [1.165, 1.54) is 16.7 Å². The molecule has 4 rings (SSSR count). The maximum atomic E-state index is 13.2. The number of halogens is 1. The van der Waals surface area contributed by atoms with Crippen LogP contribution in [0.5, 0.6) is 0 Å². The number of imidazole rings is 1. The van der Waals surface area contributed by atoms with Crippen molar-refractivity contribution in [3.63, 3.8) is 0 Å². The second kappa shape index (κ2) is 6.93. The van der Waals surface area contributed by atoms with E-state index in [2.05, 4.69) is 42.3 Å². The van der Waals surface area contributed by atoms with Gasteiger partial charge in [0.2, 0.25) is 0 Å². The summed E-state index contributed by atoms with van der Waals surface area (Å²) in [4.78, 5) is 19.0. The molecule has 0 spiro atoms. The molecule has 0 atom stereocenters. The molecule has 3 aromatic rings. The van der Waals surface area contributed by atoms with E-state index in [0.29, 0.717) is 12.1 Å². The van der Waals surface area contributed by atoms with E-state index in [1.807, 2.05) is 30.5 Å². The number of hydrogen-bond donors (Lipinski definition) is 1. The largest absolute Gasteiger partial charge is 0.378 e. The number of aryl methyl sites for hydroxylation is 4. The number of fused-ring (bicyclic) bond motifs is 1. The lowest BCUT2D eigenvalue weighted by Gasteiger charge is -2.34. The molecule has 1 amide bonds. The highest BCUT2D eigenvalue weighted by Crippen LogP contribution is 2.25. The molecule has 1 fully saturated rings. The minimum Gasteiger partial charge on any atom is -0.378 e. The smallest absolute Gasteiger partial charge is 0.255 e. The number of anilines is 1. The molecular formula is C22H25FN4O. The second-order valence-corrected chi connectivity index (χ2v) is 7.65. The van der Waals surface area contributed by atoms with Crippen molar-refractivity contribution in [2.24, 2.45) is 0 Å². The molecule has 0 radical (unpaired) electrons. The predicted octanol–water partition coefficient (Wildman–Crippen LogP) is 3.97. The fraction of sp³-hybridized carbons (Fsp3) is 0.364. The number of amides is 1. The molecule has 0 bridgehead atoms. The van der Waals surface area contributed by atoms with E-state index in [4.69, 9.17) is 0 Å².